The lowest BCUT2D eigenvalue weighted by atomic mass is 10.0. The lowest BCUT2D eigenvalue weighted by molar-refractivity contribution is -0.131. The molecule has 0 aromatic rings. The van der Waals surface area contributed by atoms with Crippen molar-refractivity contribution >= 4 is 5.91 Å². The molecule has 0 rings (SSSR count). The molecule has 0 fully saturated rings. The van der Waals surface area contributed by atoms with Crippen molar-refractivity contribution in [1.29, 1.82) is 0 Å². The number of nitrogens with one attached hydrogen (secondary N) is 1. The third-order valence-corrected chi connectivity index (χ3v) is 9.23. The summed E-state index contributed by atoms with van der Waals surface area (Å²) in [5, 5.41) is 33.1. The maximum absolute atomic E-state index is 12.4. The van der Waals surface area contributed by atoms with Gasteiger partial charge in [-0.05, 0) is 12.8 Å². The van der Waals surface area contributed by atoms with E-state index in [0.717, 1.165) is 32.1 Å². The van der Waals surface area contributed by atoms with Gasteiger partial charge in [0.15, 0.2) is 0 Å². The molecule has 4 N–H and O–H groups in total. The average Bonchev–Trinajstić information content (AvgIpc) is 3.01. The molecule has 0 saturated heterocycles. The van der Waals surface area contributed by atoms with Gasteiger partial charge in [0, 0.05) is 0 Å². The first-order chi connectivity index (χ1) is 21.1. The molecular weight excluding hydrogens is 534 g/mol. The summed E-state index contributed by atoms with van der Waals surface area (Å²) < 4.78 is 0. The number of amides is 1. The predicted octanol–water partition coefficient (Wildman–Crippen LogP) is 10.3. The van der Waals surface area contributed by atoms with E-state index in [4.69, 9.17) is 0 Å². The van der Waals surface area contributed by atoms with E-state index in [1.807, 2.05) is 0 Å². The third kappa shape index (κ3) is 29.8. The molecule has 1 amide bonds. The van der Waals surface area contributed by atoms with E-state index in [9.17, 15) is 20.1 Å². The first-order valence-corrected chi connectivity index (χ1v) is 19.3. The molecule has 0 aromatic heterocycles. The minimum absolute atomic E-state index is 0.308. The first-order valence-electron chi connectivity index (χ1n) is 19.3. The number of carbonyl (C=O) groups is 1. The van der Waals surface area contributed by atoms with Crippen LogP contribution < -0.4 is 5.32 Å². The fourth-order valence-electron chi connectivity index (χ4n) is 6.13. The Labute approximate surface area is 268 Å². The van der Waals surface area contributed by atoms with Gasteiger partial charge < -0.3 is 20.6 Å². The van der Waals surface area contributed by atoms with Gasteiger partial charge in [0.25, 0.3) is 0 Å². The van der Waals surface area contributed by atoms with Crippen molar-refractivity contribution in [3.05, 3.63) is 0 Å². The Morgan fingerprint density at radius 1 is 0.465 bits per heavy atom. The van der Waals surface area contributed by atoms with Crippen molar-refractivity contribution < 1.29 is 20.1 Å². The highest BCUT2D eigenvalue weighted by Gasteiger charge is 2.23. The highest BCUT2D eigenvalue weighted by atomic mass is 16.3. The second-order valence-electron chi connectivity index (χ2n) is 13.5. The van der Waals surface area contributed by atoms with Crippen LogP contribution in [0.3, 0.4) is 0 Å². The van der Waals surface area contributed by atoms with E-state index >= 15 is 0 Å². The molecule has 3 atom stereocenters. The number of hydrogen-bond donors (Lipinski definition) is 4. The largest absolute Gasteiger partial charge is 0.394 e. The second-order valence-corrected chi connectivity index (χ2v) is 13.5. The standard InChI is InChI=1S/C38H77NO4/c1-3-5-7-9-11-13-15-17-18-19-21-23-25-27-29-31-33-37(42)38(43)39-35(34-40)36(41)32-30-28-26-24-22-20-16-14-12-10-8-6-4-2/h35-37,40-42H,3-34H2,1-2H3,(H,39,43). The molecule has 0 radical (unpaired) electrons. The van der Waals surface area contributed by atoms with Crippen LogP contribution in [0.1, 0.15) is 213 Å². The SMILES string of the molecule is CCCCCCCCCCCCCCCCCCC(O)C(=O)NC(CO)C(O)CCCCCCCCCCCCCCC. The highest BCUT2D eigenvalue weighted by molar-refractivity contribution is 5.80. The summed E-state index contributed by atoms with van der Waals surface area (Å²) in [4.78, 5) is 12.4. The van der Waals surface area contributed by atoms with Crippen molar-refractivity contribution in [2.24, 2.45) is 0 Å². The van der Waals surface area contributed by atoms with Gasteiger partial charge in [0.2, 0.25) is 5.91 Å². The van der Waals surface area contributed by atoms with E-state index in [2.05, 4.69) is 19.2 Å². The van der Waals surface area contributed by atoms with Crippen molar-refractivity contribution in [3.8, 4) is 0 Å². The van der Waals surface area contributed by atoms with Crippen LogP contribution in [0.25, 0.3) is 0 Å². The molecule has 5 heteroatoms. The fourth-order valence-corrected chi connectivity index (χ4v) is 6.13. The lowest BCUT2D eigenvalue weighted by Gasteiger charge is -2.23. The van der Waals surface area contributed by atoms with E-state index < -0.39 is 24.2 Å². The van der Waals surface area contributed by atoms with Gasteiger partial charge in [0.05, 0.1) is 18.8 Å². The molecule has 0 aliphatic heterocycles. The van der Waals surface area contributed by atoms with Gasteiger partial charge in [-0.1, -0.05) is 200 Å². The van der Waals surface area contributed by atoms with Crippen LogP contribution in [0, 0.1) is 0 Å². The van der Waals surface area contributed by atoms with E-state index in [-0.39, 0.29) is 6.61 Å². The van der Waals surface area contributed by atoms with Gasteiger partial charge in [-0.15, -0.1) is 0 Å². The topological polar surface area (TPSA) is 89.8 Å². The molecular formula is C38H77NO4. The molecule has 0 aromatic carbocycles. The molecule has 0 saturated carbocycles. The van der Waals surface area contributed by atoms with E-state index in [0.29, 0.717) is 12.8 Å². The molecule has 258 valence electrons. The number of rotatable bonds is 35. The number of aliphatic hydroxyl groups is 3. The summed E-state index contributed by atoms with van der Waals surface area (Å²) in [7, 11) is 0. The first kappa shape index (κ1) is 42.3. The van der Waals surface area contributed by atoms with Crippen LogP contribution in [0.4, 0.5) is 0 Å². The normalized spacial score (nSPS) is 13.7. The molecule has 0 spiro atoms. The van der Waals surface area contributed by atoms with Crippen LogP contribution in [0.2, 0.25) is 0 Å². The maximum Gasteiger partial charge on any atom is 0.249 e. The minimum atomic E-state index is -1.07. The van der Waals surface area contributed by atoms with Crippen LogP contribution >= 0.6 is 0 Å². The lowest BCUT2D eigenvalue weighted by Crippen LogP contribution is -2.49. The predicted molar refractivity (Wildman–Crippen MR) is 186 cm³/mol. The molecule has 5 nitrogen and oxygen atoms in total. The number of unbranched alkanes of at least 4 members (excludes halogenated alkanes) is 27. The Bertz CT molecular complexity index is 558. The van der Waals surface area contributed by atoms with Crippen LogP contribution in [-0.4, -0.2) is 46.1 Å². The molecule has 0 aliphatic rings. The van der Waals surface area contributed by atoms with E-state index in [1.54, 1.807) is 0 Å². The van der Waals surface area contributed by atoms with Crippen molar-refractivity contribution in [3.63, 3.8) is 0 Å². The zero-order valence-corrected chi connectivity index (χ0v) is 29.1. The van der Waals surface area contributed by atoms with Crippen molar-refractivity contribution in [2.45, 2.75) is 231 Å². The van der Waals surface area contributed by atoms with Crippen molar-refractivity contribution in [1.82, 2.24) is 5.32 Å². The highest BCUT2D eigenvalue weighted by Crippen LogP contribution is 2.16. The van der Waals surface area contributed by atoms with Gasteiger partial charge >= 0.3 is 0 Å². The third-order valence-electron chi connectivity index (χ3n) is 9.23. The summed E-state index contributed by atoms with van der Waals surface area (Å²) in [5.74, 6) is -0.468. The zero-order chi connectivity index (χ0) is 31.6. The molecule has 0 aliphatic carbocycles. The summed E-state index contributed by atoms with van der Waals surface area (Å²) in [6.07, 6.45) is 36.6. The Kier molecular flexibility index (Phi) is 33.7. The van der Waals surface area contributed by atoms with Crippen molar-refractivity contribution in [2.75, 3.05) is 6.61 Å². The summed E-state index contributed by atoms with van der Waals surface area (Å²) in [5.41, 5.74) is 0. The maximum atomic E-state index is 12.4. The quantitative estimate of drug-likeness (QED) is 0.0537. The van der Waals surface area contributed by atoms with Crippen LogP contribution in [0.15, 0.2) is 0 Å². The smallest absolute Gasteiger partial charge is 0.249 e. The molecule has 0 heterocycles. The molecule has 3 unspecified atom stereocenters. The van der Waals surface area contributed by atoms with Gasteiger partial charge in [0.1, 0.15) is 6.10 Å². The number of hydrogen-bond acceptors (Lipinski definition) is 4. The number of aliphatic hydroxyl groups excluding tert-OH is 3. The van der Waals surface area contributed by atoms with Gasteiger partial charge in [-0.2, -0.15) is 0 Å². The second kappa shape index (κ2) is 34.2. The average molecular weight is 612 g/mol. The Hall–Kier alpha value is -0.650. The number of carbonyl (C=O) groups excluding carboxylic acids is 1. The van der Waals surface area contributed by atoms with E-state index in [1.165, 1.54) is 154 Å². The fraction of sp³-hybridized carbons (Fsp3) is 0.974. The summed E-state index contributed by atoms with van der Waals surface area (Å²) in [6.45, 7) is 4.23. The van der Waals surface area contributed by atoms with Gasteiger partial charge in [-0.25, -0.2) is 0 Å². The molecule has 0 bridgehead atoms. The van der Waals surface area contributed by atoms with Crippen LogP contribution in [-0.2, 0) is 4.79 Å². The Balaban J connectivity index is 3.63. The summed E-state index contributed by atoms with van der Waals surface area (Å²) in [6, 6.07) is -0.703. The Morgan fingerprint density at radius 3 is 1.05 bits per heavy atom. The zero-order valence-electron chi connectivity index (χ0n) is 29.1. The minimum Gasteiger partial charge on any atom is -0.394 e. The summed E-state index contributed by atoms with van der Waals surface area (Å²) >= 11 is 0. The van der Waals surface area contributed by atoms with Crippen LogP contribution in [0.5, 0.6) is 0 Å². The van der Waals surface area contributed by atoms with Gasteiger partial charge in [-0.3, -0.25) is 4.79 Å². The monoisotopic (exact) mass is 612 g/mol. The molecule has 43 heavy (non-hydrogen) atoms. The Morgan fingerprint density at radius 2 is 0.744 bits per heavy atom.